The van der Waals surface area contributed by atoms with Crippen LogP contribution in [0.3, 0.4) is 0 Å². The standard InChI is InChI=1S/C19H18N2O4/c1-12-7-8-13(2)15(9-12)20-18(22)11-24-19(23)10-16-14-5-3-4-6-17(14)25-21-16/h3-9H,10-11H2,1-2H3,(H,20,22). The maximum Gasteiger partial charge on any atom is 0.312 e. The monoisotopic (exact) mass is 338 g/mol. The number of fused-ring (bicyclic) bond motifs is 1. The van der Waals surface area contributed by atoms with Crippen molar-refractivity contribution in [2.45, 2.75) is 20.3 Å². The second kappa shape index (κ2) is 7.17. The molecule has 0 atom stereocenters. The Bertz CT molecular complexity index is 930. The summed E-state index contributed by atoms with van der Waals surface area (Å²) in [5.41, 5.74) is 3.80. The van der Waals surface area contributed by atoms with Gasteiger partial charge in [-0.15, -0.1) is 0 Å². The molecular weight excluding hydrogens is 320 g/mol. The van der Waals surface area contributed by atoms with Crippen LogP contribution in [0.2, 0.25) is 0 Å². The quantitative estimate of drug-likeness (QED) is 0.723. The largest absolute Gasteiger partial charge is 0.455 e. The Morgan fingerprint density at radius 2 is 1.96 bits per heavy atom. The molecule has 0 saturated heterocycles. The molecule has 1 aromatic heterocycles. The van der Waals surface area contributed by atoms with Crippen LogP contribution in [0.15, 0.2) is 47.0 Å². The molecule has 0 radical (unpaired) electrons. The van der Waals surface area contributed by atoms with E-state index in [1.165, 1.54) is 0 Å². The minimum atomic E-state index is -0.532. The molecule has 1 N–H and O–H groups in total. The number of para-hydroxylation sites is 1. The van der Waals surface area contributed by atoms with Crippen LogP contribution in [0.1, 0.15) is 16.8 Å². The first-order valence-corrected chi connectivity index (χ1v) is 7.89. The van der Waals surface area contributed by atoms with Crippen molar-refractivity contribution in [2.24, 2.45) is 0 Å². The van der Waals surface area contributed by atoms with E-state index in [0.29, 0.717) is 17.0 Å². The first-order chi connectivity index (χ1) is 12.0. The highest BCUT2D eigenvalue weighted by molar-refractivity contribution is 5.94. The number of hydrogen-bond acceptors (Lipinski definition) is 5. The number of amides is 1. The Labute approximate surface area is 144 Å². The van der Waals surface area contributed by atoms with Crippen molar-refractivity contribution in [3.63, 3.8) is 0 Å². The fourth-order valence-corrected chi connectivity index (χ4v) is 2.46. The van der Waals surface area contributed by atoms with E-state index in [-0.39, 0.29) is 18.9 Å². The zero-order valence-electron chi connectivity index (χ0n) is 14.0. The molecule has 0 saturated carbocycles. The highest BCUT2D eigenvalue weighted by atomic mass is 16.5. The number of anilines is 1. The topological polar surface area (TPSA) is 81.4 Å². The summed E-state index contributed by atoms with van der Waals surface area (Å²) < 4.78 is 10.2. The number of carbonyl (C=O) groups is 2. The fraction of sp³-hybridized carbons (Fsp3) is 0.211. The Balaban J connectivity index is 1.55. The lowest BCUT2D eigenvalue weighted by molar-refractivity contribution is -0.146. The second-order valence-electron chi connectivity index (χ2n) is 5.83. The maximum absolute atomic E-state index is 12.0. The first-order valence-electron chi connectivity index (χ1n) is 7.89. The summed E-state index contributed by atoms with van der Waals surface area (Å²) in [4.78, 5) is 23.9. The number of carbonyl (C=O) groups excluding carboxylic acids is 2. The molecule has 2 aromatic carbocycles. The number of benzene rings is 2. The molecule has 0 aliphatic rings. The van der Waals surface area contributed by atoms with E-state index in [2.05, 4.69) is 10.5 Å². The van der Waals surface area contributed by atoms with Gasteiger partial charge in [-0.05, 0) is 43.2 Å². The van der Waals surface area contributed by atoms with Gasteiger partial charge in [-0.1, -0.05) is 29.4 Å². The molecule has 128 valence electrons. The lowest BCUT2D eigenvalue weighted by atomic mass is 10.1. The summed E-state index contributed by atoms with van der Waals surface area (Å²) in [6.45, 7) is 3.50. The number of esters is 1. The summed E-state index contributed by atoms with van der Waals surface area (Å²) >= 11 is 0. The van der Waals surface area contributed by atoms with Gasteiger partial charge in [0.1, 0.15) is 5.69 Å². The minimum absolute atomic E-state index is 0.0479. The molecule has 0 spiro atoms. The van der Waals surface area contributed by atoms with E-state index in [9.17, 15) is 9.59 Å². The van der Waals surface area contributed by atoms with Gasteiger partial charge in [-0.25, -0.2) is 0 Å². The van der Waals surface area contributed by atoms with Crippen LogP contribution in [0.25, 0.3) is 11.0 Å². The molecule has 3 rings (SSSR count). The predicted molar refractivity (Wildman–Crippen MR) is 93.2 cm³/mol. The van der Waals surface area contributed by atoms with Gasteiger partial charge in [0, 0.05) is 11.1 Å². The maximum atomic E-state index is 12.0. The molecule has 1 amide bonds. The summed E-state index contributed by atoms with van der Waals surface area (Å²) in [6.07, 6.45) is -0.0479. The van der Waals surface area contributed by atoms with Gasteiger partial charge in [0.15, 0.2) is 12.2 Å². The van der Waals surface area contributed by atoms with Gasteiger partial charge in [-0.2, -0.15) is 0 Å². The first kappa shape index (κ1) is 16.7. The van der Waals surface area contributed by atoms with Crippen LogP contribution in [0.4, 0.5) is 5.69 Å². The van der Waals surface area contributed by atoms with Gasteiger partial charge in [0.05, 0.1) is 6.42 Å². The Morgan fingerprint density at radius 1 is 1.16 bits per heavy atom. The summed E-state index contributed by atoms with van der Waals surface area (Å²) in [7, 11) is 0. The molecule has 6 heteroatoms. The second-order valence-corrected chi connectivity index (χ2v) is 5.83. The molecule has 6 nitrogen and oxygen atoms in total. The molecule has 0 aliphatic heterocycles. The van der Waals surface area contributed by atoms with Crippen LogP contribution < -0.4 is 5.32 Å². The van der Waals surface area contributed by atoms with Crippen molar-refractivity contribution >= 4 is 28.5 Å². The van der Waals surface area contributed by atoms with Crippen LogP contribution in [0.5, 0.6) is 0 Å². The number of nitrogens with one attached hydrogen (secondary N) is 1. The van der Waals surface area contributed by atoms with Crippen LogP contribution in [-0.4, -0.2) is 23.6 Å². The van der Waals surface area contributed by atoms with Crippen LogP contribution >= 0.6 is 0 Å². The summed E-state index contributed by atoms with van der Waals surface area (Å²) in [6, 6.07) is 13.0. The van der Waals surface area contributed by atoms with Gasteiger partial charge in [-0.3, -0.25) is 9.59 Å². The highest BCUT2D eigenvalue weighted by Gasteiger charge is 2.14. The number of hydrogen-bond donors (Lipinski definition) is 1. The van der Waals surface area contributed by atoms with Crippen molar-refractivity contribution < 1.29 is 18.8 Å². The number of aryl methyl sites for hydroxylation is 2. The van der Waals surface area contributed by atoms with Crippen molar-refractivity contribution in [3.8, 4) is 0 Å². The Morgan fingerprint density at radius 3 is 2.80 bits per heavy atom. The summed E-state index contributed by atoms with van der Waals surface area (Å²) in [5, 5.41) is 7.38. The number of ether oxygens (including phenoxy) is 1. The lowest BCUT2D eigenvalue weighted by Crippen LogP contribution is -2.22. The lowest BCUT2D eigenvalue weighted by Gasteiger charge is -2.09. The van der Waals surface area contributed by atoms with E-state index < -0.39 is 5.97 Å². The number of nitrogens with zero attached hydrogens (tertiary/aromatic N) is 1. The average Bonchev–Trinajstić information content (AvgIpc) is 2.99. The highest BCUT2D eigenvalue weighted by Crippen LogP contribution is 2.18. The van der Waals surface area contributed by atoms with E-state index >= 15 is 0 Å². The normalized spacial score (nSPS) is 10.6. The number of rotatable bonds is 5. The molecule has 0 unspecified atom stereocenters. The number of aromatic nitrogens is 1. The van der Waals surface area contributed by atoms with E-state index in [0.717, 1.165) is 16.5 Å². The molecule has 25 heavy (non-hydrogen) atoms. The van der Waals surface area contributed by atoms with Crippen LogP contribution in [-0.2, 0) is 20.7 Å². The fourth-order valence-electron chi connectivity index (χ4n) is 2.46. The molecule has 0 fully saturated rings. The van der Waals surface area contributed by atoms with Gasteiger partial charge < -0.3 is 14.6 Å². The molecule has 0 aliphatic carbocycles. The molecule has 3 aromatic rings. The minimum Gasteiger partial charge on any atom is -0.455 e. The van der Waals surface area contributed by atoms with Gasteiger partial charge >= 0.3 is 5.97 Å². The van der Waals surface area contributed by atoms with Crippen molar-refractivity contribution in [2.75, 3.05) is 11.9 Å². The Hall–Kier alpha value is -3.15. The van der Waals surface area contributed by atoms with Crippen molar-refractivity contribution in [1.82, 2.24) is 5.16 Å². The third kappa shape index (κ3) is 4.03. The summed E-state index contributed by atoms with van der Waals surface area (Å²) in [5.74, 6) is -0.915. The van der Waals surface area contributed by atoms with Gasteiger partial charge in [0.25, 0.3) is 5.91 Å². The molecular formula is C19H18N2O4. The zero-order valence-corrected chi connectivity index (χ0v) is 14.0. The molecule has 0 bridgehead atoms. The zero-order chi connectivity index (χ0) is 17.8. The van der Waals surface area contributed by atoms with Crippen molar-refractivity contribution in [1.29, 1.82) is 0 Å². The van der Waals surface area contributed by atoms with Gasteiger partial charge in [0.2, 0.25) is 0 Å². The Kier molecular flexibility index (Phi) is 4.79. The SMILES string of the molecule is Cc1ccc(C)c(NC(=O)COC(=O)Cc2noc3ccccc23)c1. The average molecular weight is 338 g/mol. The van der Waals surface area contributed by atoms with E-state index in [1.54, 1.807) is 6.07 Å². The van der Waals surface area contributed by atoms with E-state index in [1.807, 2.05) is 50.2 Å². The third-order valence-electron chi connectivity index (χ3n) is 3.80. The van der Waals surface area contributed by atoms with Crippen LogP contribution in [0, 0.1) is 13.8 Å². The molecule has 1 heterocycles. The predicted octanol–water partition coefficient (Wildman–Crippen LogP) is 3.17. The third-order valence-corrected chi connectivity index (χ3v) is 3.80. The van der Waals surface area contributed by atoms with Crippen molar-refractivity contribution in [3.05, 3.63) is 59.3 Å². The smallest absolute Gasteiger partial charge is 0.312 e. The van der Waals surface area contributed by atoms with E-state index in [4.69, 9.17) is 9.26 Å².